The Morgan fingerprint density at radius 3 is 2.76 bits per heavy atom. The average Bonchev–Trinajstić information content (AvgIpc) is 2.46. The second kappa shape index (κ2) is 6.90. The predicted octanol–water partition coefficient (Wildman–Crippen LogP) is 2.58. The number of aromatic nitrogens is 2. The predicted molar refractivity (Wildman–Crippen MR) is 88.1 cm³/mol. The minimum Gasteiger partial charge on any atom is -0.504 e. The van der Waals surface area contributed by atoms with Gasteiger partial charge in [0.2, 0.25) is 0 Å². The van der Waals surface area contributed by atoms with Crippen molar-refractivity contribution in [1.82, 2.24) is 9.97 Å². The molecule has 1 aromatic heterocycles. The molecule has 0 saturated carbocycles. The van der Waals surface area contributed by atoms with Gasteiger partial charge in [-0.05, 0) is 47.7 Å². The first-order valence-electron chi connectivity index (χ1n) is 6.33. The molecule has 0 saturated heterocycles. The van der Waals surface area contributed by atoms with Crippen LogP contribution in [0.3, 0.4) is 0 Å². The van der Waals surface area contributed by atoms with Crippen LogP contribution in [-0.4, -0.2) is 28.8 Å². The van der Waals surface area contributed by atoms with E-state index < -0.39 is 0 Å². The number of hydrogen-bond donors (Lipinski definition) is 2. The van der Waals surface area contributed by atoms with Crippen molar-refractivity contribution < 1.29 is 14.6 Å². The van der Waals surface area contributed by atoms with E-state index in [0.29, 0.717) is 30.6 Å². The topological polar surface area (TPSA) is 90.5 Å². The Kier molecular flexibility index (Phi) is 5.18. The van der Waals surface area contributed by atoms with Gasteiger partial charge in [-0.1, -0.05) is 0 Å². The number of nitrogens with two attached hydrogens (primary N) is 1. The number of hydrogen-bond acceptors (Lipinski definition) is 6. The van der Waals surface area contributed by atoms with Gasteiger partial charge in [0, 0.05) is 12.7 Å². The van der Waals surface area contributed by atoms with Gasteiger partial charge in [-0.15, -0.1) is 0 Å². The van der Waals surface area contributed by atoms with Crippen LogP contribution >= 0.6 is 22.6 Å². The van der Waals surface area contributed by atoms with Crippen molar-refractivity contribution in [2.75, 3.05) is 19.5 Å². The van der Waals surface area contributed by atoms with Gasteiger partial charge >= 0.3 is 0 Å². The molecule has 0 radical (unpaired) electrons. The number of anilines is 1. The number of nitrogen functional groups attached to an aromatic ring is 1. The third kappa shape index (κ3) is 3.53. The SMILES string of the molecule is CCOc1cc(-c2nc(N)c(I)c(COC)n2)ccc1O. The van der Waals surface area contributed by atoms with Crippen molar-refractivity contribution in [3.05, 3.63) is 27.5 Å². The standard InChI is InChI=1S/C14H16IN3O3/c1-3-21-11-6-8(4-5-10(11)19)14-17-9(7-20-2)12(15)13(16)18-14/h4-6,19H,3,7H2,1-2H3,(H2,16,17,18). The summed E-state index contributed by atoms with van der Waals surface area (Å²) in [7, 11) is 1.60. The molecule has 2 rings (SSSR count). The Hall–Kier alpha value is -1.61. The Morgan fingerprint density at radius 2 is 2.10 bits per heavy atom. The Labute approximate surface area is 136 Å². The maximum absolute atomic E-state index is 9.74. The van der Waals surface area contributed by atoms with Gasteiger partial charge in [-0.3, -0.25) is 0 Å². The van der Waals surface area contributed by atoms with Crippen LogP contribution in [0.25, 0.3) is 11.4 Å². The van der Waals surface area contributed by atoms with E-state index >= 15 is 0 Å². The van der Waals surface area contributed by atoms with Crippen LogP contribution in [0.4, 0.5) is 5.82 Å². The van der Waals surface area contributed by atoms with Gasteiger partial charge in [0.15, 0.2) is 17.3 Å². The van der Waals surface area contributed by atoms with Crippen molar-refractivity contribution in [2.24, 2.45) is 0 Å². The largest absolute Gasteiger partial charge is 0.504 e. The molecule has 2 aromatic rings. The number of nitrogens with zero attached hydrogens (tertiary/aromatic N) is 2. The fourth-order valence-electron chi connectivity index (χ4n) is 1.80. The van der Waals surface area contributed by atoms with Gasteiger partial charge in [-0.2, -0.15) is 0 Å². The van der Waals surface area contributed by atoms with Gasteiger partial charge in [-0.25, -0.2) is 9.97 Å². The van der Waals surface area contributed by atoms with E-state index in [9.17, 15) is 5.11 Å². The number of phenolic OH excluding ortho intramolecular Hbond substituents is 1. The summed E-state index contributed by atoms with van der Waals surface area (Å²) in [6.45, 7) is 2.66. The molecule has 21 heavy (non-hydrogen) atoms. The highest BCUT2D eigenvalue weighted by Crippen LogP contribution is 2.31. The smallest absolute Gasteiger partial charge is 0.162 e. The number of rotatable bonds is 5. The van der Waals surface area contributed by atoms with E-state index in [4.69, 9.17) is 15.2 Å². The normalized spacial score (nSPS) is 10.6. The molecule has 6 nitrogen and oxygen atoms in total. The van der Waals surface area contributed by atoms with Gasteiger partial charge in [0.05, 0.1) is 22.5 Å². The van der Waals surface area contributed by atoms with Crippen molar-refractivity contribution in [2.45, 2.75) is 13.5 Å². The molecule has 0 aliphatic carbocycles. The number of methoxy groups -OCH3 is 1. The maximum atomic E-state index is 9.74. The number of aromatic hydroxyl groups is 1. The molecule has 112 valence electrons. The van der Waals surface area contributed by atoms with Crippen LogP contribution in [0.2, 0.25) is 0 Å². The van der Waals surface area contributed by atoms with E-state index in [0.717, 1.165) is 14.8 Å². The molecule has 0 fully saturated rings. The Bertz CT molecular complexity index is 650. The highest BCUT2D eigenvalue weighted by Gasteiger charge is 2.13. The molecular weight excluding hydrogens is 385 g/mol. The lowest BCUT2D eigenvalue weighted by atomic mass is 10.2. The molecule has 0 atom stereocenters. The molecule has 1 aromatic carbocycles. The summed E-state index contributed by atoms with van der Waals surface area (Å²) in [4.78, 5) is 8.75. The summed E-state index contributed by atoms with van der Waals surface area (Å²) >= 11 is 2.09. The second-order valence-electron chi connectivity index (χ2n) is 4.24. The lowest BCUT2D eigenvalue weighted by Gasteiger charge is -2.10. The van der Waals surface area contributed by atoms with Crippen molar-refractivity contribution >= 4 is 28.4 Å². The Balaban J connectivity index is 2.48. The van der Waals surface area contributed by atoms with E-state index in [-0.39, 0.29) is 5.75 Å². The van der Waals surface area contributed by atoms with Crippen LogP contribution in [0.1, 0.15) is 12.6 Å². The van der Waals surface area contributed by atoms with E-state index in [1.165, 1.54) is 0 Å². The molecule has 1 heterocycles. The highest BCUT2D eigenvalue weighted by atomic mass is 127. The number of benzene rings is 1. The van der Waals surface area contributed by atoms with Crippen LogP contribution in [0, 0.1) is 3.57 Å². The molecular formula is C14H16IN3O3. The summed E-state index contributed by atoms with van der Waals surface area (Å²) in [5.41, 5.74) is 7.37. The zero-order chi connectivity index (χ0) is 15.4. The summed E-state index contributed by atoms with van der Waals surface area (Å²) in [5.74, 6) is 1.35. The van der Waals surface area contributed by atoms with E-state index in [1.807, 2.05) is 6.92 Å². The van der Waals surface area contributed by atoms with Crippen LogP contribution in [0.15, 0.2) is 18.2 Å². The average molecular weight is 401 g/mol. The molecule has 0 spiro atoms. The van der Waals surface area contributed by atoms with E-state index in [2.05, 4.69) is 32.6 Å². The molecule has 0 aliphatic rings. The maximum Gasteiger partial charge on any atom is 0.162 e. The lowest BCUT2D eigenvalue weighted by molar-refractivity contribution is 0.181. The summed E-state index contributed by atoms with van der Waals surface area (Å²) in [6.07, 6.45) is 0. The second-order valence-corrected chi connectivity index (χ2v) is 5.32. The first-order valence-corrected chi connectivity index (χ1v) is 7.41. The van der Waals surface area contributed by atoms with Crippen LogP contribution in [0.5, 0.6) is 11.5 Å². The molecule has 0 amide bonds. The lowest BCUT2D eigenvalue weighted by Crippen LogP contribution is -2.06. The van der Waals surface area contributed by atoms with Crippen molar-refractivity contribution in [3.8, 4) is 22.9 Å². The number of phenols is 1. The van der Waals surface area contributed by atoms with Crippen molar-refractivity contribution in [1.29, 1.82) is 0 Å². The monoisotopic (exact) mass is 401 g/mol. The fraction of sp³-hybridized carbons (Fsp3) is 0.286. The molecule has 0 bridgehead atoms. The van der Waals surface area contributed by atoms with Gasteiger partial charge < -0.3 is 20.3 Å². The molecule has 3 N–H and O–H groups in total. The molecule has 0 unspecified atom stereocenters. The summed E-state index contributed by atoms with van der Waals surface area (Å²) in [6, 6.07) is 4.96. The zero-order valence-corrected chi connectivity index (χ0v) is 13.9. The third-order valence-electron chi connectivity index (χ3n) is 2.74. The number of halogens is 1. The fourth-order valence-corrected chi connectivity index (χ4v) is 2.20. The van der Waals surface area contributed by atoms with Crippen LogP contribution in [-0.2, 0) is 11.3 Å². The first kappa shape index (κ1) is 15.8. The minimum absolute atomic E-state index is 0.0798. The highest BCUT2D eigenvalue weighted by molar-refractivity contribution is 14.1. The first-order chi connectivity index (χ1) is 10.1. The molecule has 7 heteroatoms. The summed E-state index contributed by atoms with van der Waals surface area (Å²) < 4.78 is 11.3. The van der Waals surface area contributed by atoms with Gasteiger partial charge in [0.25, 0.3) is 0 Å². The summed E-state index contributed by atoms with van der Waals surface area (Å²) in [5, 5.41) is 9.74. The van der Waals surface area contributed by atoms with Gasteiger partial charge in [0.1, 0.15) is 5.82 Å². The van der Waals surface area contributed by atoms with Crippen molar-refractivity contribution in [3.63, 3.8) is 0 Å². The minimum atomic E-state index is 0.0798. The quantitative estimate of drug-likeness (QED) is 0.749. The number of ether oxygens (including phenoxy) is 2. The van der Waals surface area contributed by atoms with E-state index in [1.54, 1.807) is 25.3 Å². The molecule has 0 aliphatic heterocycles. The zero-order valence-electron chi connectivity index (χ0n) is 11.8. The van der Waals surface area contributed by atoms with Crippen LogP contribution < -0.4 is 10.5 Å². The Morgan fingerprint density at radius 1 is 1.33 bits per heavy atom. The third-order valence-corrected chi connectivity index (χ3v) is 3.92.